The maximum atomic E-state index is 12.2. The second-order valence-electron chi connectivity index (χ2n) is 4.36. The van der Waals surface area contributed by atoms with Crippen molar-refractivity contribution in [2.45, 2.75) is 0 Å². The first-order chi connectivity index (χ1) is 10.1. The maximum Gasteiger partial charge on any atom is 0.246 e. The molecule has 0 fully saturated rings. The molecule has 0 saturated heterocycles. The summed E-state index contributed by atoms with van der Waals surface area (Å²) in [4.78, 5) is 28.1. The number of carbonyl (C=O) groups excluding carboxylic acids is 1. The number of hydrogen-bond acceptors (Lipinski definition) is 6. The number of nitrogens with zero attached hydrogens (tertiary/aromatic N) is 1. The molecule has 0 spiro atoms. The number of ketones is 1. The van der Waals surface area contributed by atoms with Crippen LogP contribution in [0, 0.1) is 0 Å². The molecule has 0 atom stereocenters. The van der Waals surface area contributed by atoms with Crippen LogP contribution >= 0.6 is 0 Å². The van der Waals surface area contributed by atoms with E-state index in [1.165, 1.54) is 12.3 Å². The molecule has 3 rings (SSSR count). The van der Waals surface area contributed by atoms with Gasteiger partial charge in [0.1, 0.15) is 28.2 Å². The smallest absolute Gasteiger partial charge is 0.246 e. The number of rotatable bonds is 2. The lowest BCUT2D eigenvalue weighted by Gasteiger charge is -2.04. The Labute approximate surface area is 117 Å². The highest BCUT2D eigenvalue weighted by atomic mass is 16.3. The average molecular weight is 283 g/mol. The quantitative estimate of drug-likeness (QED) is 0.696. The third-order valence-electron chi connectivity index (χ3n) is 2.92. The molecule has 0 bridgehead atoms. The zero-order valence-corrected chi connectivity index (χ0v) is 10.6. The average Bonchev–Trinajstić information content (AvgIpc) is 2.46. The lowest BCUT2D eigenvalue weighted by Crippen LogP contribution is -2.09. The van der Waals surface area contributed by atoms with Crippen molar-refractivity contribution < 1.29 is 19.4 Å². The molecule has 6 nitrogen and oxygen atoms in total. The van der Waals surface area contributed by atoms with Crippen LogP contribution in [0.15, 0.2) is 51.8 Å². The van der Waals surface area contributed by atoms with E-state index in [9.17, 15) is 19.8 Å². The zero-order chi connectivity index (χ0) is 15.0. The molecule has 3 aromatic rings. The largest absolute Gasteiger partial charge is 0.508 e. The lowest BCUT2D eigenvalue weighted by molar-refractivity contribution is 0.100. The third-order valence-corrected chi connectivity index (χ3v) is 2.92. The van der Waals surface area contributed by atoms with Gasteiger partial charge in [0, 0.05) is 24.4 Å². The Hall–Kier alpha value is -3.15. The summed E-state index contributed by atoms with van der Waals surface area (Å²) in [6.45, 7) is 0. The Morgan fingerprint density at radius 2 is 1.95 bits per heavy atom. The van der Waals surface area contributed by atoms with Gasteiger partial charge in [0.25, 0.3) is 0 Å². The number of fused-ring (bicyclic) bond motifs is 1. The highest BCUT2D eigenvalue weighted by Crippen LogP contribution is 2.28. The normalized spacial score (nSPS) is 10.7. The van der Waals surface area contributed by atoms with Crippen molar-refractivity contribution in [3.8, 4) is 11.5 Å². The van der Waals surface area contributed by atoms with Crippen molar-refractivity contribution in [2.24, 2.45) is 0 Å². The van der Waals surface area contributed by atoms with Gasteiger partial charge in [0.15, 0.2) is 11.2 Å². The summed E-state index contributed by atoms with van der Waals surface area (Å²) in [5.74, 6) is -1.45. The molecule has 104 valence electrons. The molecule has 0 aliphatic heterocycles. The Kier molecular flexibility index (Phi) is 2.91. The van der Waals surface area contributed by atoms with Crippen molar-refractivity contribution >= 4 is 16.8 Å². The van der Waals surface area contributed by atoms with Crippen molar-refractivity contribution in [1.29, 1.82) is 0 Å². The van der Waals surface area contributed by atoms with E-state index in [0.29, 0.717) is 0 Å². The van der Waals surface area contributed by atoms with Crippen LogP contribution in [0.25, 0.3) is 11.0 Å². The molecule has 0 aliphatic rings. The van der Waals surface area contributed by atoms with Gasteiger partial charge in [-0.2, -0.15) is 0 Å². The molecule has 1 aromatic carbocycles. The zero-order valence-electron chi connectivity index (χ0n) is 10.6. The van der Waals surface area contributed by atoms with E-state index in [4.69, 9.17) is 4.42 Å². The van der Waals surface area contributed by atoms with Gasteiger partial charge in [-0.15, -0.1) is 0 Å². The van der Waals surface area contributed by atoms with Crippen molar-refractivity contribution in [2.75, 3.05) is 0 Å². The Morgan fingerprint density at radius 1 is 1.14 bits per heavy atom. The van der Waals surface area contributed by atoms with Gasteiger partial charge in [0.05, 0.1) is 0 Å². The monoisotopic (exact) mass is 283 g/mol. The van der Waals surface area contributed by atoms with Crippen molar-refractivity contribution in [1.82, 2.24) is 4.98 Å². The van der Waals surface area contributed by atoms with Gasteiger partial charge in [-0.3, -0.25) is 14.6 Å². The van der Waals surface area contributed by atoms with E-state index in [1.54, 1.807) is 12.1 Å². The van der Waals surface area contributed by atoms with Crippen LogP contribution in [-0.4, -0.2) is 21.0 Å². The molecule has 2 aromatic heterocycles. The molecule has 0 unspecified atom stereocenters. The number of hydrogen-bond donors (Lipinski definition) is 2. The minimum absolute atomic E-state index is 0.0701. The van der Waals surface area contributed by atoms with Crippen molar-refractivity contribution in [3.63, 3.8) is 0 Å². The first-order valence-corrected chi connectivity index (χ1v) is 6.02. The van der Waals surface area contributed by atoms with Gasteiger partial charge < -0.3 is 14.6 Å². The Bertz CT molecular complexity index is 899. The topological polar surface area (TPSA) is 101 Å². The van der Waals surface area contributed by atoms with Crippen LogP contribution in [0.2, 0.25) is 0 Å². The predicted molar refractivity (Wildman–Crippen MR) is 73.5 cm³/mol. The molecular formula is C15H9NO5. The minimum atomic E-state index is -0.576. The number of pyridine rings is 1. The van der Waals surface area contributed by atoms with Crippen LogP contribution in [-0.2, 0) is 0 Å². The SMILES string of the molecule is O=C(c1ccccn1)c1cc(=O)c2c(O)cc(O)cc2o1. The van der Waals surface area contributed by atoms with Crippen LogP contribution in [0.5, 0.6) is 11.5 Å². The predicted octanol–water partition coefficient (Wildman–Crippen LogP) is 1.83. The van der Waals surface area contributed by atoms with Gasteiger partial charge in [0.2, 0.25) is 5.78 Å². The van der Waals surface area contributed by atoms with Gasteiger partial charge >= 0.3 is 0 Å². The molecule has 0 amide bonds. The Morgan fingerprint density at radius 3 is 2.67 bits per heavy atom. The second-order valence-corrected chi connectivity index (χ2v) is 4.36. The van der Waals surface area contributed by atoms with Crippen molar-refractivity contribution in [3.05, 3.63) is 64.3 Å². The fourth-order valence-corrected chi connectivity index (χ4v) is 1.99. The van der Waals surface area contributed by atoms with E-state index in [-0.39, 0.29) is 28.2 Å². The summed E-state index contributed by atoms with van der Waals surface area (Å²) in [5, 5.41) is 19.0. The lowest BCUT2D eigenvalue weighted by atomic mass is 10.1. The van der Waals surface area contributed by atoms with Crippen LogP contribution in [0.4, 0.5) is 0 Å². The van der Waals surface area contributed by atoms with E-state index in [0.717, 1.165) is 18.2 Å². The van der Waals surface area contributed by atoms with Gasteiger partial charge in [-0.1, -0.05) is 6.07 Å². The highest BCUT2D eigenvalue weighted by Gasteiger charge is 2.17. The molecule has 2 heterocycles. The Balaban J connectivity index is 2.22. The minimum Gasteiger partial charge on any atom is -0.508 e. The number of carbonyl (C=O) groups is 1. The van der Waals surface area contributed by atoms with Gasteiger partial charge in [-0.25, -0.2) is 0 Å². The molecule has 2 N–H and O–H groups in total. The first kappa shape index (κ1) is 12.9. The fraction of sp³-hybridized carbons (Fsp3) is 0. The number of aromatic hydroxyl groups is 2. The molecular weight excluding hydrogens is 274 g/mol. The number of benzene rings is 1. The second kappa shape index (κ2) is 4.75. The number of aromatic nitrogens is 1. The highest BCUT2D eigenvalue weighted by molar-refractivity contribution is 6.06. The van der Waals surface area contributed by atoms with Gasteiger partial charge in [-0.05, 0) is 12.1 Å². The van der Waals surface area contributed by atoms with Crippen LogP contribution < -0.4 is 5.43 Å². The first-order valence-electron chi connectivity index (χ1n) is 6.02. The van der Waals surface area contributed by atoms with E-state index < -0.39 is 17.0 Å². The molecule has 0 radical (unpaired) electrons. The van der Waals surface area contributed by atoms with Crippen LogP contribution in [0.1, 0.15) is 16.2 Å². The number of phenols is 2. The summed E-state index contributed by atoms with van der Waals surface area (Å²) in [7, 11) is 0. The molecule has 6 heteroatoms. The summed E-state index contributed by atoms with van der Waals surface area (Å²) in [6, 6.07) is 7.97. The summed E-state index contributed by atoms with van der Waals surface area (Å²) in [6.07, 6.45) is 1.45. The molecule has 21 heavy (non-hydrogen) atoms. The third kappa shape index (κ3) is 2.23. The standard InChI is InChI=1S/C15H9NO5/c17-8-5-10(18)14-11(19)7-13(21-12(14)6-8)15(20)9-3-1-2-4-16-9/h1-7,17-18H. The van der Waals surface area contributed by atoms with Crippen LogP contribution in [0.3, 0.4) is 0 Å². The summed E-state index contributed by atoms with van der Waals surface area (Å²) in [5.41, 5.74) is -0.517. The van der Waals surface area contributed by atoms with E-state index in [1.807, 2.05) is 0 Å². The number of phenolic OH excluding ortho intramolecular Hbond substituents is 2. The summed E-state index contributed by atoms with van der Waals surface area (Å²) >= 11 is 0. The van der Waals surface area contributed by atoms with E-state index >= 15 is 0 Å². The molecule has 0 saturated carbocycles. The molecule has 0 aliphatic carbocycles. The van der Waals surface area contributed by atoms with E-state index in [2.05, 4.69) is 4.98 Å². The maximum absolute atomic E-state index is 12.2. The summed E-state index contributed by atoms with van der Waals surface area (Å²) < 4.78 is 5.31. The fourth-order valence-electron chi connectivity index (χ4n) is 1.99.